The summed E-state index contributed by atoms with van der Waals surface area (Å²) in [6, 6.07) is 4.70. The number of rotatable bonds is 15. The van der Waals surface area contributed by atoms with Gasteiger partial charge in [0.05, 0.1) is 17.9 Å². The van der Waals surface area contributed by atoms with Crippen LogP contribution in [-0.2, 0) is 35.1 Å². The summed E-state index contributed by atoms with van der Waals surface area (Å²) < 4.78 is 21.9. The Morgan fingerprint density at radius 3 is 1.85 bits per heavy atom. The Kier molecular flexibility index (Phi) is 12.8. The van der Waals surface area contributed by atoms with Crippen LogP contribution in [0.25, 0.3) is 0 Å². The molecule has 0 aliphatic rings. The van der Waals surface area contributed by atoms with Gasteiger partial charge in [-0.1, -0.05) is 33.8 Å². The second kappa shape index (κ2) is 14.6. The van der Waals surface area contributed by atoms with Crippen molar-refractivity contribution in [3.8, 4) is 11.5 Å². The average molecular weight is 564 g/mol. The fraction of sp³-hybridized carbons (Fsp3) is 0.677. The van der Waals surface area contributed by atoms with Crippen molar-refractivity contribution in [3.63, 3.8) is 0 Å². The van der Waals surface area contributed by atoms with Gasteiger partial charge in [-0.2, -0.15) is 0 Å². The van der Waals surface area contributed by atoms with E-state index in [0.29, 0.717) is 30.7 Å². The molecule has 0 heterocycles. The third-order valence-corrected chi connectivity index (χ3v) is 7.31. The van der Waals surface area contributed by atoms with Crippen LogP contribution in [0, 0.1) is 16.7 Å². The van der Waals surface area contributed by atoms with Gasteiger partial charge in [0.25, 0.3) is 0 Å². The molecule has 1 aromatic rings. The summed E-state index contributed by atoms with van der Waals surface area (Å²) >= 11 is 0. The zero-order valence-corrected chi connectivity index (χ0v) is 26.0. The second-order valence-corrected chi connectivity index (χ2v) is 12.3. The first-order valence-corrected chi connectivity index (χ1v) is 14.0. The van der Waals surface area contributed by atoms with Crippen LogP contribution in [0.3, 0.4) is 0 Å². The molecule has 0 aliphatic heterocycles. The summed E-state index contributed by atoms with van der Waals surface area (Å²) in [5.74, 6) is -1.51. The Hall–Kier alpha value is -2.94. The maximum atomic E-state index is 12.9. The fourth-order valence-electron chi connectivity index (χ4n) is 3.63. The molecule has 0 spiro atoms. The molecule has 1 unspecified atom stereocenters. The lowest BCUT2D eigenvalue weighted by atomic mass is 9.86. The monoisotopic (exact) mass is 563 g/mol. The summed E-state index contributed by atoms with van der Waals surface area (Å²) in [5.41, 5.74) is 4.03. The first-order valence-electron chi connectivity index (χ1n) is 14.0. The lowest BCUT2D eigenvalue weighted by Gasteiger charge is -2.30. The van der Waals surface area contributed by atoms with Crippen molar-refractivity contribution in [2.75, 3.05) is 7.11 Å². The summed E-state index contributed by atoms with van der Waals surface area (Å²) in [5, 5.41) is 0. The minimum Gasteiger partial charge on any atom is -0.468 e. The molecule has 1 rings (SSSR count). The number of hydrogen-bond acceptors (Lipinski definition) is 9. The average Bonchev–Trinajstić information content (AvgIpc) is 2.87. The van der Waals surface area contributed by atoms with Crippen molar-refractivity contribution < 1.29 is 38.1 Å². The maximum absolute atomic E-state index is 12.9. The van der Waals surface area contributed by atoms with Gasteiger partial charge in [0.15, 0.2) is 11.5 Å². The van der Waals surface area contributed by atoms with E-state index >= 15 is 0 Å². The number of methoxy groups -OCH3 is 1. The Morgan fingerprint density at radius 1 is 0.850 bits per heavy atom. The third-order valence-electron chi connectivity index (χ3n) is 7.31. The molecule has 0 saturated heterocycles. The Bertz CT molecular complexity index is 1050. The molecular formula is C31H49NO8. The predicted octanol–water partition coefficient (Wildman–Crippen LogP) is 5.54. The zero-order valence-electron chi connectivity index (χ0n) is 26.0. The number of nitrogens with two attached hydrogens (primary N) is 1. The van der Waals surface area contributed by atoms with E-state index in [1.807, 2.05) is 27.7 Å². The summed E-state index contributed by atoms with van der Waals surface area (Å²) in [6.07, 6.45) is 1.40. The molecule has 226 valence electrons. The molecule has 9 nitrogen and oxygen atoms in total. The molecule has 9 heteroatoms. The van der Waals surface area contributed by atoms with Crippen LogP contribution in [0.4, 0.5) is 0 Å². The summed E-state index contributed by atoms with van der Waals surface area (Å²) in [7, 11) is 1.24. The maximum Gasteiger partial charge on any atom is 0.326 e. The molecular weight excluding hydrogens is 514 g/mol. The van der Waals surface area contributed by atoms with Gasteiger partial charge in [-0.05, 0) is 77.5 Å². The van der Waals surface area contributed by atoms with Crippen molar-refractivity contribution >= 4 is 23.9 Å². The highest BCUT2D eigenvalue weighted by molar-refractivity contribution is 5.82. The minimum atomic E-state index is -1.54. The van der Waals surface area contributed by atoms with E-state index in [9.17, 15) is 19.2 Å². The molecule has 2 N–H and O–H groups in total. The van der Waals surface area contributed by atoms with Crippen LogP contribution in [0.5, 0.6) is 11.5 Å². The number of carbonyl (C=O) groups is 4. The molecule has 0 aliphatic carbocycles. The normalized spacial score (nSPS) is 14.2. The molecule has 0 amide bonds. The van der Waals surface area contributed by atoms with E-state index in [0.717, 1.165) is 0 Å². The molecule has 0 bridgehead atoms. The highest BCUT2D eigenvalue weighted by Crippen LogP contribution is 2.35. The van der Waals surface area contributed by atoms with Crippen LogP contribution in [0.15, 0.2) is 18.2 Å². The number of ether oxygens (including phenoxy) is 4. The Balaban J connectivity index is 3.34. The Labute approximate surface area is 239 Å². The molecule has 0 saturated carbocycles. The zero-order chi connectivity index (χ0) is 30.9. The van der Waals surface area contributed by atoms with Crippen LogP contribution >= 0.6 is 0 Å². The second-order valence-electron chi connectivity index (χ2n) is 12.3. The molecule has 0 radical (unpaired) electrons. The van der Waals surface area contributed by atoms with Crippen molar-refractivity contribution in [3.05, 3.63) is 23.8 Å². The largest absolute Gasteiger partial charge is 0.468 e. The minimum absolute atomic E-state index is 0.00645. The van der Waals surface area contributed by atoms with Gasteiger partial charge < -0.3 is 24.7 Å². The highest BCUT2D eigenvalue weighted by atomic mass is 16.6. The van der Waals surface area contributed by atoms with Crippen molar-refractivity contribution in [2.24, 2.45) is 22.5 Å². The van der Waals surface area contributed by atoms with E-state index < -0.39 is 40.4 Å². The fourth-order valence-corrected chi connectivity index (χ4v) is 3.63. The molecule has 0 fully saturated rings. The van der Waals surface area contributed by atoms with Gasteiger partial charge in [-0.25, -0.2) is 0 Å². The summed E-state index contributed by atoms with van der Waals surface area (Å²) in [6.45, 7) is 16.5. The van der Waals surface area contributed by atoms with E-state index in [-0.39, 0.29) is 36.7 Å². The quantitative estimate of drug-likeness (QED) is 0.216. The van der Waals surface area contributed by atoms with Gasteiger partial charge in [0.2, 0.25) is 0 Å². The van der Waals surface area contributed by atoms with E-state index in [1.165, 1.54) is 19.2 Å². The Morgan fingerprint density at radius 2 is 1.38 bits per heavy atom. The van der Waals surface area contributed by atoms with Crippen LogP contribution < -0.4 is 15.2 Å². The summed E-state index contributed by atoms with van der Waals surface area (Å²) in [4.78, 5) is 50.8. The molecule has 0 aromatic heterocycles. The van der Waals surface area contributed by atoms with Crippen LogP contribution in [-0.4, -0.2) is 42.6 Å². The van der Waals surface area contributed by atoms with Gasteiger partial charge in [0, 0.05) is 19.3 Å². The van der Waals surface area contributed by atoms with Gasteiger partial charge in [-0.15, -0.1) is 0 Å². The van der Waals surface area contributed by atoms with Gasteiger partial charge in [0.1, 0.15) is 11.6 Å². The SMILES string of the molecule is CCC(C)(C)C(=O)Oc1ccc(C[C@](N)(CC(C)OC(=O)CCC(C)C)C(=O)OC)cc1OC(=O)C(C)(C)CC. The first-order chi connectivity index (χ1) is 18.4. The van der Waals surface area contributed by atoms with Gasteiger partial charge in [-0.3, -0.25) is 19.2 Å². The van der Waals surface area contributed by atoms with E-state index in [4.69, 9.17) is 24.7 Å². The third kappa shape index (κ3) is 10.2. The molecule has 1 aromatic carbocycles. The van der Waals surface area contributed by atoms with Crippen LogP contribution in [0.2, 0.25) is 0 Å². The smallest absolute Gasteiger partial charge is 0.326 e. The topological polar surface area (TPSA) is 131 Å². The molecule has 40 heavy (non-hydrogen) atoms. The predicted molar refractivity (Wildman–Crippen MR) is 153 cm³/mol. The highest BCUT2D eigenvalue weighted by Gasteiger charge is 2.39. The number of benzene rings is 1. The van der Waals surface area contributed by atoms with Crippen molar-refractivity contribution in [1.82, 2.24) is 0 Å². The standard InChI is InChI=1S/C31H49NO8/c1-11-29(6,7)26(34)39-23-15-14-22(17-24(23)40-27(35)30(8,9)12-2)19-31(32,28(36)37-10)18-21(5)38-25(33)16-13-20(3)4/h14-15,17,20-21H,11-13,16,18-19,32H2,1-10H3/t21?,31-/m1/s1. The van der Waals surface area contributed by atoms with Crippen molar-refractivity contribution in [2.45, 2.75) is 112 Å². The first kappa shape index (κ1) is 35.1. The van der Waals surface area contributed by atoms with Crippen molar-refractivity contribution in [1.29, 1.82) is 0 Å². The number of carbonyl (C=O) groups excluding carboxylic acids is 4. The van der Waals surface area contributed by atoms with E-state index in [2.05, 4.69) is 0 Å². The van der Waals surface area contributed by atoms with Crippen LogP contribution in [0.1, 0.15) is 100.0 Å². The lowest BCUT2D eigenvalue weighted by molar-refractivity contribution is -0.155. The number of hydrogen-bond donors (Lipinski definition) is 1. The molecule has 2 atom stereocenters. The lowest BCUT2D eigenvalue weighted by Crippen LogP contribution is -2.53. The van der Waals surface area contributed by atoms with E-state index in [1.54, 1.807) is 40.7 Å². The van der Waals surface area contributed by atoms with Gasteiger partial charge >= 0.3 is 23.9 Å². The number of esters is 4.